The van der Waals surface area contributed by atoms with E-state index in [9.17, 15) is 4.79 Å². The van der Waals surface area contributed by atoms with Crippen molar-refractivity contribution in [2.75, 3.05) is 27.3 Å². The standard InChI is InChI=1S/C20H21BrN4O3/c1-27-14-11-15(18(28-2)16(21)12-14)20(26)24-9-6-13(7-10-24)19-23-22-17-5-3-4-8-25(17)19/h3-5,8,11-13H,6-7,9-10H2,1-2H3. The van der Waals surface area contributed by atoms with E-state index in [0.29, 0.717) is 34.6 Å². The summed E-state index contributed by atoms with van der Waals surface area (Å²) in [4.78, 5) is 15.0. The van der Waals surface area contributed by atoms with Gasteiger partial charge in [0.2, 0.25) is 0 Å². The molecule has 4 rings (SSSR count). The summed E-state index contributed by atoms with van der Waals surface area (Å²) in [6.07, 6.45) is 3.67. The molecule has 28 heavy (non-hydrogen) atoms. The molecule has 3 aromatic rings. The number of halogens is 1. The van der Waals surface area contributed by atoms with Gasteiger partial charge in [-0.25, -0.2) is 0 Å². The predicted octanol–water partition coefficient (Wildman–Crippen LogP) is 3.53. The largest absolute Gasteiger partial charge is 0.497 e. The first-order valence-electron chi connectivity index (χ1n) is 9.13. The molecular formula is C20H21BrN4O3. The van der Waals surface area contributed by atoms with Gasteiger partial charge in [-0.3, -0.25) is 9.20 Å². The molecule has 1 aliphatic heterocycles. The Morgan fingerprint density at radius 3 is 2.64 bits per heavy atom. The van der Waals surface area contributed by atoms with Crippen LogP contribution in [0.25, 0.3) is 5.65 Å². The number of nitrogens with zero attached hydrogens (tertiary/aromatic N) is 4. The van der Waals surface area contributed by atoms with E-state index in [1.807, 2.05) is 33.7 Å². The molecule has 3 heterocycles. The molecule has 2 aromatic heterocycles. The third-order valence-electron chi connectivity index (χ3n) is 5.17. The predicted molar refractivity (Wildman–Crippen MR) is 108 cm³/mol. The molecule has 1 fully saturated rings. The van der Waals surface area contributed by atoms with Gasteiger partial charge in [0.05, 0.1) is 24.3 Å². The van der Waals surface area contributed by atoms with Gasteiger partial charge in [-0.15, -0.1) is 10.2 Å². The van der Waals surface area contributed by atoms with Gasteiger partial charge in [0.1, 0.15) is 17.3 Å². The number of methoxy groups -OCH3 is 2. The summed E-state index contributed by atoms with van der Waals surface area (Å²) in [7, 11) is 3.14. The number of pyridine rings is 1. The Morgan fingerprint density at radius 1 is 1.14 bits per heavy atom. The summed E-state index contributed by atoms with van der Waals surface area (Å²) >= 11 is 3.46. The van der Waals surface area contributed by atoms with Gasteiger partial charge in [0.25, 0.3) is 5.91 Å². The minimum absolute atomic E-state index is 0.0546. The highest BCUT2D eigenvalue weighted by Gasteiger charge is 2.29. The van der Waals surface area contributed by atoms with E-state index in [2.05, 4.69) is 26.1 Å². The Morgan fingerprint density at radius 2 is 1.93 bits per heavy atom. The number of aromatic nitrogens is 3. The van der Waals surface area contributed by atoms with Gasteiger partial charge in [-0.2, -0.15) is 0 Å². The third kappa shape index (κ3) is 3.32. The molecule has 7 nitrogen and oxygen atoms in total. The van der Waals surface area contributed by atoms with Crippen molar-refractivity contribution in [3.05, 3.63) is 52.4 Å². The summed E-state index contributed by atoms with van der Waals surface area (Å²) < 4.78 is 13.5. The van der Waals surface area contributed by atoms with E-state index >= 15 is 0 Å². The van der Waals surface area contributed by atoms with E-state index in [4.69, 9.17) is 9.47 Å². The number of piperidine rings is 1. The lowest BCUT2D eigenvalue weighted by Crippen LogP contribution is -2.38. The van der Waals surface area contributed by atoms with Crippen molar-refractivity contribution in [1.29, 1.82) is 0 Å². The minimum Gasteiger partial charge on any atom is -0.497 e. The monoisotopic (exact) mass is 444 g/mol. The molecule has 1 aromatic carbocycles. The van der Waals surface area contributed by atoms with Gasteiger partial charge in [0, 0.05) is 25.2 Å². The van der Waals surface area contributed by atoms with Crippen molar-refractivity contribution in [3.63, 3.8) is 0 Å². The third-order valence-corrected chi connectivity index (χ3v) is 5.76. The van der Waals surface area contributed by atoms with Gasteiger partial charge in [-0.05, 0) is 53.0 Å². The summed E-state index contributed by atoms with van der Waals surface area (Å²) in [5.74, 6) is 2.32. The molecule has 0 atom stereocenters. The lowest BCUT2D eigenvalue weighted by atomic mass is 9.95. The van der Waals surface area contributed by atoms with Crippen LogP contribution in [-0.4, -0.2) is 52.7 Å². The molecule has 0 aliphatic carbocycles. The Balaban J connectivity index is 1.52. The zero-order chi connectivity index (χ0) is 19.7. The molecule has 1 amide bonds. The Kier molecular flexibility index (Phi) is 5.21. The first kappa shape index (κ1) is 18.7. The highest BCUT2D eigenvalue weighted by Crippen LogP contribution is 2.35. The van der Waals surface area contributed by atoms with Crippen LogP contribution in [0.4, 0.5) is 0 Å². The number of amides is 1. The van der Waals surface area contributed by atoms with E-state index in [-0.39, 0.29) is 11.8 Å². The van der Waals surface area contributed by atoms with Crippen LogP contribution >= 0.6 is 15.9 Å². The number of carbonyl (C=O) groups excluding carboxylic acids is 1. The van der Waals surface area contributed by atoms with Gasteiger partial charge >= 0.3 is 0 Å². The number of ether oxygens (including phenoxy) is 2. The Labute approximate surface area is 171 Å². The van der Waals surface area contributed by atoms with Crippen LogP contribution in [0.5, 0.6) is 11.5 Å². The maximum atomic E-state index is 13.1. The molecule has 0 saturated carbocycles. The molecule has 0 radical (unpaired) electrons. The minimum atomic E-state index is -0.0546. The van der Waals surface area contributed by atoms with Crippen LogP contribution < -0.4 is 9.47 Å². The molecule has 146 valence electrons. The molecule has 0 N–H and O–H groups in total. The first-order chi connectivity index (χ1) is 13.6. The molecule has 0 unspecified atom stereocenters. The van der Waals surface area contributed by atoms with Crippen molar-refractivity contribution >= 4 is 27.5 Å². The smallest absolute Gasteiger partial charge is 0.257 e. The van der Waals surface area contributed by atoms with Crippen molar-refractivity contribution < 1.29 is 14.3 Å². The molecule has 1 aliphatic rings. The van der Waals surface area contributed by atoms with Crippen LogP contribution in [0.1, 0.15) is 34.9 Å². The van der Waals surface area contributed by atoms with Crippen molar-refractivity contribution in [1.82, 2.24) is 19.5 Å². The van der Waals surface area contributed by atoms with Crippen LogP contribution in [0.15, 0.2) is 41.0 Å². The fourth-order valence-corrected chi connectivity index (χ4v) is 4.30. The van der Waals surface area contributed by atoms with E-state index in [0.717, 1.165) is 24.3 Å². The average Bonchev–Trinajstić information content (AvgIpc) is 3.17. The number of carbonyl (C=O) groups is 1. The number of hydrogen-bond donors (Lipinski definition) is 0. The van der Waals surface area contributed by atoms with Crippen molar-refractivity contribution in [2.45, 2.75) is 18.8 Å². The second kappa shape index (κ2) is 7.79. The Hall–Kier alpha value is -2.61. The Bertz CT molecular complexity index is 1010. The highest BCUT2D eigenvalue weighted by molar-refractivity contribution is 9.10. The van der Waals surface area contributed by atoms with Gasteiger partial charge < -0.3 is 14.4 Å². The lowest BCUT2D eigenvalue weighted by Gasteiger charge is -2.31. The number of rotatable bonds is 4. The maximum Gasteiger partial charge on any atom is 0.257 e. The van der Waals surface area contributed by atoms with Crippen molar-refractivity contribution in [2.24, 2.45) is 0 Å². The molecule has 8 heteroatoms. The van der Waals surface area contributed by atoms with E-state index in [1.54, 1.807) is 26.4 Å². The number of fused-ring (bicyclic) bond motifs is 1. The lowest BCUT2D eigenvalue weighted by molar-refractivity contribution is 0.0707. The zero-order valence-corrected chi connectivity index (χ0v) is 17.3. The highest BCUT2D eigenvalue weighted by atomic mass is 79.9. The van der Waals surface area contributed by atoms with Crippen LogP contribution in [0, 0.1) is 0 Å². The van der Waals surface area contributed by atoms with Crippen LogP contribution in [0.2, 0.25) is 0 Å². The summed E-state index contributed by atoms with van der Waals surface area (Å²) in [6, 6.07) is 9.39. The normalized spacial score (nSPS) is 15.0. The fourth-order valence-electron chi connectivity index (χ4n) is 3.70. The summed E-state index contributed by atoms with van der Waals surface area (Å²) in [5, 5.41) is 8.62. The van der Waals surface area contributed by atoms with Gasteiger partial charge in [-0.1, -0.05) is 6.07 Å². The van der Waals surface area contributed by atoms with E-state index in [1.165, 1.54) is 0 Å². The number of benzene rings is 1. The van der Waals surface area contributed by atoms with Gasteiger partial charge in [0.15, 0.2) is 5.65 Å². The second-order valence-corrected chi connectivity index (χ2v) is 7.60. The maximum absolute atomic E-state index is 13.1. The van der Waals surface area contributed by atoms with Crippen LogP contribution in [0.3, 0.4) is 0 Å². The quantitative estimate of drug-likeness (QED) is 0.615. The fraction of sp³-hybridized carbons (Fsp3) is 0.350. The SMILES string of the molecule is COc1cc(Br)c(OC)c(C(=O)N2CCC(c3nnc4ccccn34)CC2)c1. The molecule has 1 saturated heterocycles. The molecular weight excluding hydrogens is 424 g/mol. The van der Waals surface area contributed by atoms with Crippen LogP contribution in [-0.2, 0) is 0 Å². The second-order valence-electron chi connectivity index (χ2n) is 6.74. The first-order valence-corrected chi connectivity index (χ1v) is 9.92. The summed E-state index contributed by atoms with van der Waals surface area (Å²) in [5.41, 5.74) is 1.35. The van der Waals surface area contributed by atoms with E-state index < -0.39 is 0 Å². The topological polar surface area (TPSA) is 69.0 Å². The number of likely N-dealkylation sites (tertiary alicyclic amines) is 1. The molecule has 0 spiro atoms. The zero-order valence-electron chi connectivity index (χ0n) is 15.8. The van der Waals surface area contributed by atoms with Crippen molar-refractivity contribution in [3.8, 4) is 11.5 Å². The average molecular weight is 445 g/mol. The molecule has 0 bridgehead atoms. The summed E-state index contributed by atoms with van der Waals surface area (Å²) in [6.45, 7) is 1.31. The number of hydrogen-bond acceptors (Lipinski definition) is 5.